The number of amides is 2. The number of rotatable bonds is 7. The number of H-pyrrole nitrogens is 1. The summed E-state index contributed by atoms with van der Waals surface area (Å²) >= 11 is 0. The van der Waals surface area contributed by atoms with Crippen molar-refractivity contribution < 1.29 is 27.5 Å². The van der Waals surface area contributed by atoms with Crippen molar-refractivity contribution in [2.75, 3.05) is 18.5 Å². The lowest BCUT2D eigenvalue weighted by Gasteiger charge is -2.27. The van der Waals surface area contributed by atoms with Crippen LogP contribution in [0.2, 0.25) is 0 Å². The van der Waals surface area contributed by atoms with Crippen LogP contribution in [0.3, 0.4) is 0 Å². The number of alkyl halides is 3. The maximum atomic E-state index is 13.2. The molecule has 2 heterocycles. The Bertz CT molecular complexity index is 1280. The average Bonchev–Trinajstić information content (AvgIpc) is 3.33. The van der Waals surface area contributed by atoms with Crippen LogP contribution in [0.1, 0.15) is 28.0 Å². The Morgan fingerprint density at radius 2 is 1.81 bits per heavy atom. The minimum Gasteiger partial charge on any atom is -0.378 e. The van der Waals surface area contributed by atoms with Crippen LogP contribution in [0.25, 0.3) is 0 Å². The Morgan fingerprint density at radius 3 is 2.44 bits per heavy atom. The summed E-state index contributed by atoms with van der Waals surface area (Å²) in [7, 11) is 0. The number of hydrogen-bond donors (Lipinski definition) is 4. The molecule has 0 radical (unpaired) electrons. The number of benzene rings is 2. The van der Waals surface area contributed by atoms with E-state index in [9.17, 15) is 27.6 Å². The number of carbonyl (C=O) groups excluding carboxylic acids is 2. The molecule has 0 bridgehead atoms. The molecular formula is C24H22F3N5O4. The molecule has 1 aliphatic heterocycles. The van der Waals surface area contributed by atoms with E-state index < -0.39 is 34.7 Å². The monoisotopic (exact) mass is 501 g/mol. The van der Waals surface area contributed by atoms with E-state index in [4.69, 9.17) is 4.74 Å². The highest BCUT2D eigenvalue weighted by Gasteiger charge is 2.44. The van der Waals surface area contributed by atoms with E-state index in [1.165, 1.54) is 24.3 Å². The molecule has 1 aromatic heterocycles. The van der Waals surface area contributed by atoms with Gasteiger partial charge in [-0.05, 0) is 35.9 Å². The van der Waals surface area contributed by atoms with Crippen molar-refractivity contribution >= 4 is 23.2 Å². The Labute approximate surface area is 203 Å². The smallest absolute Gasteiger partial charge is 0.378 e. The fourth-order valence-electron chi connectivity index (χ4n) is 3.70. The summed E-state index contributed by atoms with van der Waals surface area (Å²) in [4.78, 5) is 36.7. The summed E-state index contributed by atoms with van der Waals surface area (Å²) < 4.78 is 45.0. The molecule has 12 heteroatoms. The van der Waals surface area contributed by atoms with Crippen LogP contribution in [0.4, 0.5) is 24.5 Å². The van der Waals surface area contributed by atoms with Crippen LogP contribution in [0.5, 0.6) is 0 Å². The first kappa shape index (κ1) is 24.9. The molecular weight excluding hydrogens is 479 g/mol. The molecule has 0 aliphatic carbocycles. The van der Waals surface area contributed by atoms with Crippen molar-refractivity contribution in [2.24, 2.45) is 0 Å². The highest BCUT2D eigenvalue weighted by molar-refractivity contribution is 5.98. The molecule has 2 amide bonds. The number of anilines is 2. The second kappa shape index (κ2) is 10.2. The standard InChI is InChI=1S/C24H22F3N5O4/c25-24(26,27)17-3-1-2-4-18(17)29-16-7-5-15(6-8-16)13-28-22(35)23(11-12-36-14-23)30-21(34)19-9-10-20(33)32-31-19/h1-10,29H,11-14H2,(H,28,35)(H,30,34)(H,32,33)/t23-/m0/s1. The van der Waals surface area contributed by atoms with Gasteiger partial charge in [-0.1, -0.05) is 24.3 Å². The van der Waals surface area contributed by atoms with Gasteiger partial charge in [0.1, 0.15) is 11.2 Å². The first-order valence-electron chi connectivity index (χ1n) is 10.9. The van der Waals surface area contributed by atoms with Crippen LogP contribution in [0.15, 0.2) is 65.5 Å². The Balaban J connectivity index is 1.39. The van der Waals surface area contributed by atoms with Crippen molar-refractivity contribution in [1.29, 1.82) is 0 Å². The SMILES string of the molecule is O=C(N[C@@]1(C(=O)NCc2ccc(Nc3ccccc3C(F)(F)F)cc2)CCOC1)c1ccc(=O)[nH]n1. The van der Waals surface area contributed by atoms with Crippen LogP contribution < -0.4 is 21.5 Å². The number of aromatic nitrogens is 2. The Kier molecular flexibility index (Phi) is 7.06. The summed E-state index contributed by atoms with van der Waals surface area (Å²) in [6.45, 7) is 0.356. The zero-order valence-corrected chi connectivity index (χ0v) is 18.8. The van der Waals surface area contributed by atoms with Crippen molar-refractivity contribution in [1.82, 2.24) is 20.8 Å². The van der Waals surface area contributed by atoms with E-state index >= 15 is 0 Å². The summed E-state index contributed by atoms with van der Waals surface area (Å²) in [6.07, 6.45) is -4.24. The van der Waals surface area contributed by atoms with Crippen LogP contribution in [-0.2, 0) is 22.3 Å². The number of para-hydroxylation sites is 1. The third kappa shape index (κ3) is 5.71. The molecule has 4 rings (SSSR count). The van der Waals surface area contributed by atoms with Gasteiger partial charge in [0.25, 0.3) is 11.5 Å². The highest BCUT2D eigenvalue weighted by atomic mass is 19.4. The van der Waals surface area contributed by atoms with E-state index in [1.807, 2.05) is 0 Å². The van der Waals surface area contributed by atoms with Gasteiger partial charge in [0.05, 0.1) is 17.9 Å². The van der Waals surface area contributed by atoms with Gasteiger partial charge in [-0.3, -0.25) is 14.4 Å². The lowest BCUT2D eigenvalue weighted by Crippen LogP contribution is -2.59. The number of hydrogen-bond acceptors (Lipinski definition) is 6. The highest BCUT2D eigenvalue weighted by Crippen LogP contribution is 2.35. The second-order valence-corrected chi connectivity index (χ2v) is 8.19. The zero-order chi connectivity index (χ0) is 25.8. The number of aromatic amines is 1. The second-order valence-electron chi connectivity index (χ2n) is 8.19. The summed E-state index contributed by atoms with van der Waals surface area (Å²) in [5.74, 6) is -1.10. The minimum absolute atomic E-state index is 0.0323. The van der Waals surface area contributed by atoms with Gasteiger partial charge in [0.15, 0.2) is 0 Å². The average molecular weight is 501 g/mol. The minimum atomic E-state index is -4.49. The quantitative estimate of drug-likeness (QED) is 0.395. The molecule has 36 heavy (non-hydrogen) atoms. The predicted molar refractivity (Wildman–Crippen MR) is 124 cm³/mol. The van der Waals surface area contributed by atoms with Crippen LogP contribution in [-0.4, -0.2) is 40.8 Å². The number of carbonyl (C=O) groups is 2. The fourth-order valence-corrected chi connectivity index (χ4v) is 3.70. The van der Waals surface area contributed by atoms with E-state index in [-0.39, 0.29) is 37.6 Å². The largest absolute Gasteiger partial charge is 0.418 e. The van der Waals surface area contributed by atoms with E-state index in [0.29, 0.717) is 11.3 Å². The van der Waals surface area contributed by atoms with Gasteiger partial charge >= 0.3 is 6.18 Å². The molecule has 0 spiro atoms. The topological polar surface area (TPSA) is 125 Å². The zero-order valence-electron chi connectivity index (χ0n) is 18.8. The molecule has 0 saturated carbocycles. The van der Waals surface area contributed by atoms with Crippen molar-refractivity contribution in [3.05, 3.63) is 87.8 Å². The summed E-state index contributed by atoms with van der Waals surface area (Å²) in [5.41, 5.74) is -1.52. The molecule has 2 aromatic carbocycles. The maximum Gasteiger partial charge on any atom is 0.418 e. The maximum absolute atomic E-state index is 13.2. The summed E-state index contributed by atoms with van der Waals surface area (Å²) in [5, 5.41) is 14.0. The lowest BCUT2D eigenvalue weighted by atomic mass is 9.96. The van der Waals surface area contributed by atoms with E-state index in [0.717, 1.165) is 12.1 Å². The first-order chi connectivity index (χ1) is 17.2. The summed E-state index contributed by atoms with van der Waals surface area (Å²) in [6, 6.07) is 14.1. The molecule has 3 aromatic rings. The van der Waals surface area contributed by atoms with Gasteiger partial charge in [-0.15, -0.1) is 0 Å². The molecule has 1 saturated heterocycles. The predicted octanol–water partition coefficient (Wildman–Crippen LogP) is 2.74. The number of halogens is 3. The van der Waals surface area contributed by atoms with Crippen LogP contribution >= 0.6 is 0 Å². The number of nitrogens with zero attached hydrogens (tertiary/aromatic N) is 1. The normalized spacial score (nSPS) is 17.4. The van der Waals surface area contributed by atoms with Crippen molar-refractivity contribution in [3.63, 3.8) is 0 Å². The number of ether oxygens (including phenoxy) is 1. The van der Waals surface area contributed by atoms with E-state index in [2.05, 4.69) is 26.1 Å². The molecule has 1 fully saturated rings. The van der Waals surface area contributed by atoms with Gasteiger partial charge < -0.3 is 20.7 Å². The van der Waals surface area contributed by atoms with Crippen LogP contribution in [0, 0.1) is 0 Å². The molecule has 1 atom stereocenters. The Hall–Kier alpha value is -4.19. The van der Waals surface area contributed by atoms with Gasteiger partial charge in [-0.25, -0.2) is 5.10 Å². The molecule has 0 unspecified atom stereocenters. The number of nitrogens with one attached hydrogen (secondary N) is 4. The molecule has 4 N–H and O–H groups in total. The van der Waals surface area contributed by atoms with Gasteiger partial charge in [0.2, 0.25) is 5.91 Å². The fraction of sp³-hybridized carbons (Fsp3) is 0.250. The Morgan fingerprint density at radius 1 is 1.06 bits per heavy atom. The third-order valence-corrected chi connectivity index (χ3v) is 5.64. The van der Waals surface area contributed by atoms with Crippen molar-refractivity contribution in [3.8, 4) is 0 Å². The molecule has 188 valence electrons. The third-order valence-electron chi connectivity index (χ3n) is 5.64. The first-order valence-corrected chi connectivity index (χ1v) is 10.9. The van der Waals surface area contributed by atoms with E-state index in [1.54, 1.807) is 24.3 Å². The molecule has 9 nitrogen and oxygen atoms in total. The van der Waals surface area contributed by atoms with Crippen molar-refractivity contribution in [2.45, 2.75) is 24.7 Å². The van der Waals surface area contributed by atoms with Gasteiger partial charge in [0, 0.05) is 31.3 Å². The lowest BCUT2D eigenvalue weighted by molar-refractivity contribution is -0.137. The van der Waals surface area contributed by atoms with Gasteiger partial charge in [-0.2, -0.15) is 18.3 Å². The molecule has 1 aliphatic rings.